The van der Waals surface area contributed by atoms with E-state index in [2.05, 4.69) is 15.9 Å². The smallest absolute Gasteiger partial charge is 0.264 e. The zero-order valence-corrected chi connectivity index (χ0v) is 14.1. The van der Waals surface area contributed by atoms with Crippen LogP contribution in [0.2, 0.25) is 0 Å². The van der Waals surface area contributed by atoms with Gasteiger partial charge in [-0.25, -0.2) is 4.39 Å². The molecule has 1 saturated heterocycles. The molecule has 1 aromatic carbocycles. The fraction of sp³-hybridized carbons (Fsp3) is 0.438. The Labute approximate surface area is 136 Å². The van der Waals surface area contributed by atoms with E-state index in [0.29, 0.717) is 6.04 Å². The number of halogens is 2. The number of hydrogen-bond donors (Lipinski definition) is 0. The van der Waals surface area contributed by atoms with Crippen molar-refractivity contribution in [2.45, 2.75) is 31.7 Å². The summed E-state index contributed by atoms with van der Waals surface area (Å²) in [5, 5.41) is 1.86. The Kier molecular flexibility index (Phi) is 4.60. The third kappa shape index (κ3) is 3.14. The maximum absolute atomic E-state index is 13.3. The number of alkyl halides is 1. The van der Waals surface area contributed by atoms with Crippen LogP contribution in [0.25, 0.3) is 10.1 Å². The maximum atomic E-state index is 13.3. The second kappa shape index (κ2) is 6.44. The molecule has 1 fully saturated rings. The SMILES string of the molecule is O=C(c1cc2ccc(F)cc2s1)N1CCCCC1CCBr. The van der Waals surface area contributed by atoms with Crippen molar-refractivity contribution in [3.8, 4) is 0 Å². The van der Waals surface area contributed by atoms with Crippen molar-refractivity contribution in [1.82, 2.24) is 4.90 Å². The van der Waals surface area contributed by atoms with E-state index in [4.69, 9.17) is 0 Å². The van der Waals surface area contributed by atoms with Gasteiger partial charge >= 0.3 is 0 Å². The van der Waals surface area contributed by atoms with E-state index in [9.17, 15) is 9.18 Å². The summed E-state index contributed by atoms with van der Waals surface area (Å²) in [6.07, 6.45) is 4.34. The number of amides is 1. The molecule has 3 rings (SSSR count). The molecule has 21 heavy (non-hydrogen) atoms. The second-order valence-electron chi connectivity index (χ2n) is 5.42. The first-order valence-corrected chi connectivity index (χ1v) is 9.19. The Hall–Kier alpha value is -0.940. The Bertz CT molecular complexity index is 655. The second-order valence-corrected chi connectivity index (χ2v) is 7.30. The molecular weight excluding hydrogens is 353 g/mol. The van der Waals surface area contributed by atoms with E-state index in [1.54, 1.807) is 6.07 Å². The van der Waals surface area contributed by atoms with Gasteiger partial charge in [0, 0.05) is 22.6 Å². The van der Waals surface area contributed by atoms with Gasteiger partial charge in [-0.15, -0.1) is 11.3 Å². The lowest BCUT2D eigenvalue weighted by molar-refractivity contribution is 0.0615. The number of likely N-dealkylation sites (tertiary alicyclic amines) is 1. The molecule has 0 saturated carbocycles. The lowest BCUT2D eigenvalue weighted by Gasteiger charge is -2.35. The molecule has 0 bridgehead atoms. The number of rotatable bonds is 3. The molecule has 0 spiro atoms. The zero-order chi connectivity index (χ0) is 14.8. The normalized spacial score (nSPS) is 19.1. The molecule has 2 aromatic rings. The molecule has 1 unspecified atom stereocenters. The van der Waals surface area contributed by atoms with Crippen molar-refractivity contribution < 1.29 is 9.18 Å². The van der Waals surface area contributed by atoms with E-state index >= 15 is 0 Å². The van der Waals surface area contributed by atoms with Crippen LogP contribution in [0.4, 0.5) is 4.39 Å². The van der Waals surface area contributed by atoms with Crippen LogP contribution in [0.3, 0.4) is 0 Å². The highest BCUT2D eigenvalue weighted by Crippen LogP contribution is 2.30. The summed E-state index contributed by atoms with van der Waals surface area (Å²) in [7, 11) is 0. The van der Waals surface area contributed by atoms with Crippen molar-refractivity contribution in [1.29, 1.82) is 0 Å². The monoisotopic (exact) mass is 369 g/mol. The fourth-order valence-corrected chi connectivity index (χ4v) is 4.52. The molecule has 1 aromatic heterocycles. The number of nitrogens with zero attached hydrogens (tertiary/aromatic N) is 1. The van der Waals surface area contributed by atoms with Gasteiger partial charge in [0.25, 0.3) is 5.91 Å². The molecular formula is C16H17BrFNOS. The lowest BCUT2D eigenvalue weighted by Crippen LogP contribution is -2.43. The van der Waals surface area contributed by atoms with Crippen LogP contribution in [-0.2, 0) is 0 Å². The summed E-state index contributed by atoms with van der Waals surface area (Å²) in [6.45, 7) is 0.832. The van der Waals surface area contributed by atoms with Crippen LogP contribution in [0.5, 0.6) is 0 Å². The minimum atomic E-state index is -0.251. The average molecular weight is 370 g/mol. The zero-order valence-electron chi connectivity index (χ0n) is 11.6. The number of thiophene rings is 1. The van der Waals surface area contributed by atoms with E-state index in [1.165, 1.54) is 29.9 Å². The molecule has 0 N–H and O–H groups in total. The van der Waals surface area contributed by atoms with E-state index in [0.717, 1.165) is 46.1 Å². The van der Waals surface area contributed by atoms with Crippen LogP contribution in [0, 0.1) is 5.82 Å². The van der Waals surface area contributed by atoms with Crippen LogP contribution >= 0.6 is 27.3 Å². The van der Waals surface area contributed by atoms with Gasteiger partial charge in [0.1, 0.15) is 5.82 Å². The molecule has 0 aliphatic carbocycles. The highest BCUT2D eigenvalue weighted by molar-refractivity contribution is 9.09. The quantitative estimate of drug-likeness (QED) is 0.710. The van der Waals surface area contributed by atoms with Crippen molar-refractivity contribution in [3.05, 3.63) is 35.0 Å². The molecule has 1 aliphatic heterocycles. The fourth-order valence-electron chi connectivity index (χ4n) is 2.95. The van der Waals surface area contributed by atoms with Gasteiger partial charge in [0.05, 0.1) is 4.88 Å². The number of hydrogen-bond acceptors (Lipinski definition) is 2. The first-order valence-electron chi connectivity index (χ1n) is 7.25. The largest absolute Gasteiger partial charge is 0.335 e. The van der Waals surface area contributed by atoms with E-state index in [-0.39, 0.29) is 11.7 Å². The van der Waals surface area contributed by atoms with Gasteiger partial charge in [-0.1, -0.05) is 22.0 Å². The number of piperidine rings is 1. The summed E-state index contributed by atoms with van der Waals surface area (Å²) >= 11 is 4.87. The minimum absolute atomic E-state index is 0.0993. The molecule has 5 heteroatoms. The van der Waals surface area contributed by atoms with Gasteiger partial charge in [-0.3, -0.25) is 4.79 Å². The van der Waals surface area contributed by atoms with Crippen molar-refractivity contribution in [2.75, 3.05) is 11.9 Å². The predicted molar refractivity (Wildman–Crippen MR) is 88.9 cm³/mol. The highest BCUT2D eigenvalue weighted by atomic mass is 79.9. The maximum Gasteiger partial charge on any atom is 0.264 e. The van der Waals surface area contributed by atoms with Crippen molar-refractivity contribution in [2.24, 2.45) is 0 Å². The summed E-state index contributed by atoms with van der Waals surface area (Å²) in [5.74, 6) is -0.152. The van der Waals surface area contributed by atoms with Crippen LogP contribution in [0.15, 0.2) is 24.3 Å². The molecule has 2 nitrogen and oxygen atoms in total. The van der Waals surface area contributed by atoms with Crippen LogP contribution in [-0.4, -0.2) is 28.7 Å². The number of carbonyl (C=O) groups excluding carboxylic acids is 1. The summed E-state index contributed by atoms with van der Waals surface area (Å²) in [5.41, 5.74) is 0. The van der Waals surface area contributed by atoms with Gasteiger partial charge in [0.15, 0.2) is 0 Å². The molecule has 0 radical (unpaired) electrons. The number of benzene rings is 1. The van der Waals surface area contributed by atoms with E-state index < -0.39 is 0 Å². The molecule has 1 aliphatic rings. The van der Waals surface area contributed by atoms with Gasteiger partial charge in [0.2, 0.25) is 0 Å². The summed E-state index contributed by atoms with van der Waals surface area (Å²) in [6, 6.07) is 6.90. The third-order valence-electron chi connectivity index (χ3n) is 4.02. The summed E-state index contributed by atoms with van der Waals surface area (Å²) in [4.78, 5) is 15.5. The number of carbonyl (C=O) groups is 1. The third-order valence-corrected chi connectivity index (χ3v) is 5.57. The molecule has 2 heterocycles. The average Bonchev–Trinajstić information content (AvgIpc) is 2.90. The first-order chi connectivity index (χ1) is 10.2. The van der Waals surface area contributed by atoms with Gasteiger partial charge in [-0.2, -0.15) is 0 Å². The molecule has 112 valence electrons. The Morgan fingerprint density at radius 3 is 3.05 bits per heavy atom. The van der Waals surface area contributed by atoms with Crippen molar-refractivity contribution in [3.63, 3.8) is 0 Å². The summed E-state index contributed by atoms with van der Waals surface area (Å²) < 4.78 is 14.1. The topological polar surface area (TPSA) is 20.3 Å². The van der Waals surface area contributed by atoms with Crippen LogP contribution in [0.1, 0.15) is 35.4 Å². The predicted octanol–water partition coefficient (Wildman–Crippen LogP) is 4.82. The lowest BCUT2D eigenvalue weighted by atomic mass is 10.00. The Balaban J connectivity index is 1.87. The van der Waals surface area contributed by atoms with Crippen LogP contribution < -0.4 is 0 Å². The minimum Gasteiger partial charge on any atom is -0.335 e. The van der Waals surface area contributed by atoms with Gasteiger partial charge < -0.3 is 4.90 Å². The Morgan fingerprint density at radius 1 is 1.38 bits per heavy atom. The first kappa shape index (κ1) is 15.0. The Morgan fingerprint density at radius 2 is 2.24 bits per heavy atom. The molecule has 1 atom stereocenters. The van der Waals surface area contributed by atoms with Gasteiger partial charge in [-0.05, 0) is 49.3 Å². The van der Waals surface area contributed by atoms with E-state index in [1.807, 2.05) is 11.0 Å². The highest BCUT2D eigenvalue weighted by Gasteiger charge is 2.27. The standard InChI is InChI=1S/C16H17BrFNOS/c17-7-6-13-3-1-2-8-19(13)16(20)15-9-11-4-5-12(18)10-14(11)21-15/h4-5,9-10,13H,1-3,6-8H2. The number of fused-ring (bicyclic) bond motifs is 1. The molecule has 1 amide bonds. The van der Waals surface area contributed by atoms with Crippen molar-refractivity contribution >= 4 is 43.3 Å².